The highest BCUT2D eigenvalue weighted by Crippen LogP contribution is 2.52. The van der Waals surface area contributed by atoms with Crippen LogP contribution in [-0.4, -0.2) is 109 Å². The van der Waals surface area contributed by atoms with E-state index in [1.54, 1.807) is 9.80 Å². The summed E-state index contributed by atoms with van der Waals surface area (Å²) in [6.45, 7) is 6.41. The fourth-order valence-corrected chi connectivity index (χ4v) is 7.66. The lowest BCUT2D eigenvalue weighted by molar-refractivity contribution is -0.131. The number of halogens is 4. The Labute approximate surface area is 293 Å². The number of likely N-dealkylation sites (N-methyl/N-ethyl adjacent to an activating group) is 1. The van der Waals surface area contributed by atoms with Gasteiger partial charge in [0, 0.05) is 41.7 Å². The zero-order valence-corrected chi connectivity index (χ0v) is 29.5. The SMILES string of the molecule is C=CC(=O)N1C[C@@H]2C(=O)N3C[C@@H](CN(C)C)Oc4nc5c(F)c(-c6c(F)cc(F)c7sc(N)nc67)c(Cl)cc5c(c43)N2C[C@H]1C.CS(=O)(=O)O. The van der Waals surface area contributed by atoms with Crippen molar-refractivity contribution in [1.82, 2.24) is 19.8 Å². The van der Waals surface area contributed by atoms with Crippen LogP contribution in [0.15, 0.2) is 24.8 Å². The van der Waals surface area contributed by atoms with Crippen LogP contribution in [0.1, 0.15) is 6.92 Å². The van der Waals surface area contributed by atoms with Gasteiger partial charge >= 0.3 is 0 Å². The number of aromatic nitrogens is 2. The van der Waals surface area contributed by atoms with Crippen molar-refractivity contribution in [2.24, 2.45) is 0 Å². The molecular formula is C31H31ClF3N7O6S2. The number of carbonyl (C=O) groups is 2. The number of nitrogens with zero attached hydrogens (tertiary/aromatic N) is 6. The Kier molecular flexibility index (Phi) is 9.13. The molecule has 7 rings (SSSR count). The number of nitrogen functional groups attached to an aromatic ring is 1. The number of hydrogen-bond donors (Lipinski definition) is 2. The Balaban J connectivity index is 0.000000808. The van der Waals surface area contributed by atoms with E-state index in [4.69, 9.17) is 26.6 Å². The molecule has 3 atom stereocenters. The third kappa shape index (κ3) is 6.19. The number of anilines is 3. The van der Waals surface area contributed by atoms with Crippen molar-refractivity contribution >= 4 is 82.5 Å². The number of pyridine rings is 1. The van der Waals surface area contributed by atoms with Crippen LogP contribution in [0, 0.1) is 17.5 Å². The lowest BCUT2D eigenvalue weighted by Crippen LogP contribution is -2.67. The molecular weight excluding hydrogens is 723 g/mol. The van der Waals surface area contributed by atoms with Gasteiger partial charge in [-0.05, 0) is 33.2 Å². The molecule has 5 heterocycles. The summed E-state index contributed by atoms with van der Waals surface area (Å²) in [5, 5.41) is 0.0700. The van der Waals surface area contributed by atoms with Crippen LogP contribution >= 0.6 is 22.9 Å². The first-order valence-electron chi connectivity index (χ1n) is 15.0. The molecule has 13 nitrogen and oxygen atoms in total. The Hall–Kier alpha value is -4.23. The van der Waals surface area contributed by atoms with Crippen molar-refractivity contribution in [3.8, 4) is 17.0 Å². The molecule has 1 fully saturated rings. The average molecular weight is 754 g/mol. The topological polar surface area (TPSA) is 162 Å². The predicted octanol–water partition coefficient (Wildman–Crippen LogP) is 3.93. The molecule has 2 amide bonds. The van der Waals surface area contributed by atoms with E-state index in [9.17, 15) is 22.4 Å². The van der Waals surface area contributed by atoms with Crippen LogP contribution in [0.5, 0.6) is 5.88 Å². The van der Waals surface area contributed by atoms with Crippen molar-refractivity contribution in [3.05, 3.63) is 47.3 Å². The summed E-state index contributed by atoms with van der Waals surface area (Å²) in [4.78, 5) is 42.3. The lowest BCUT2D eigenvalue weighted by atomic mass is 9.95. The van der Waals surface area contributed by atoms with E-state index < -0.39 is 39.7 Å². The molecule has 19 heteroatoms. The van der Waals surface area contributed by atoms with Crippen molar-refractivity contribution < 1.29 is 40.5 Å². The molecule has 0 aliphatic carbocycles. The Morgan fingerprint density at radius 3 is 2.48 bits per heavy atom. The second-order valence-electron chi connectivity index (χ2n) is 12.4. The fourth-order valence-electron chi connectivity index (χ4n) is 6.63. The van der Waals surface area contributed by atoms with Gasteiger partial charge in [0.2, 0.25) is 11.8 Å². The van der Waals surface area contributed by atoms with Gasteiger partial charge in [0.25, 0.3) is 16.0 Å². The highest BCUT2D eigenvalue weighted by atomic mass is 35.5. The number of carbonyl (C=O) groups excluding carboxylic acids is 2. The highest BCUT2D eigenvalue weighted by molar-refractivity contribution is 7.85. The summed E-state index contributed by atoms with van der Waals surface area (Å²) in [5.41, 5.74) is 5.62. The number of fused-ring (bicyclic) bond motifs is 5. The smallest absolute Gasteiger partial charge is 0.261 e. The number of piperazine rings is 1. The second kappa shape index (κ2) is 12.8. The number of ether oxygens (including phenoxy) is 1. The maximum Gasteiger partial charge on any atom is 0.261 e. The third-order valence-electron chi connectivity index (χ3n) is 8.47. The van der Waals surface area contributed by atoms with E-state index >= 15 is 8.78 Å². The van der Waals surface area contributed by atoms with Crippen LogP contribution < -0.4 is 20.3 Å². The number of amides is 2. The maximum atomic E-state index is 16.8. The van der Waals surface area contributed by atoms with Gasteiger partial charge in [0.15, 0.2) is 10.9 Å². The second-order valence-corrected chi connectivity index (χ2v) is 15.3. The van der Waals surface area contributed by atoms with Gasteiger partial charge in [-0.1, -0.05) is 29.5 Å². The molecule has 0 saturated carbocycles. The minimum absolute atomic E-state index is 0.0241. The van der Waals surface area contributed by atoms with Crippen molar-refractivity contribution in [2.45, 2.75) is 25.1 Å². The minimum Gasteiger partial charge on any atom is -0.470 e. The van der Waals surface area contributed by atoms with Gasteiger partial charge in [-0.3, -0.25) is 14.1 Å². The molecule has 3 N–H and O–H groups in total. The zero-order valence-electron chi connectivity index (χ0n) is 27.1. The standard InChI is InChI=1S/C30H27ClF3N7O3S.CH4O3S/c1-5-19(42)39-11-18-29(43)41-10-13(9-38(3)4)44-28-26(41)25(40(18)8-12(39)2)14-6-15(31)20(22(34)23(14)36-28)21-16(32)7-17(33)27-24(21)37-30(35)45-27;1-5(2,3)4/h5-7,12-13,18H,1,8-11H2,2-4H3,(H2,35,37);1H3,(H,2,3,4)/t12-,13-,18-;/m1./s1. The quantitative estimate of drug-likeness (QED) is 0.230. The summed E-state index contributed by atoms with van der Waals surface area (Å²) in [5.74, 6) is -3.43. The van der Waals surface area contributed by atoms with E-state index in [2.05, 4.69) is 16.5 Å². The van der Waals surface area contributed by atoms with Crippen LogP contribution in [0.4, 0.5) is 29.7 Å². The largest absolute Gasteiger partial charge is 0.470 e. The first-order chi connectivity index (χ1) is 23.4. The Bertz CT molecular complexity index is 2210. The van der Waals surface area contributed by atoms with Gasteiger partial charge in [0.1, 0.15) is 35.0 Å². The van der Waals surface area contributed by atoms with Crippen LogP contribution in [-0.2, 0) is 19.7 Å². The van der Waals surface area contributed by atoms with Gasteiger partial charge in [0.05, 0.1) is 40.3 Å². The van der Waals surface area contributed by atoms with Crippen molar-refractivity contribution in [2.75, 3.05) is 62.1 Å². The fraction of sp³-hybridized carbons (Fsp3) is 0.355. The molecule has 0 spiro atoms. The Morgan fingerprint density at radius 1 is 1.16 bits per heavy atom. The summed E-state index contributed by atoms with van der Waals surface area (Å²) >= 11 is 7.55. The molecule has 2 aromatic heterocycles. The van der Waals surface area contributed by atoms with Gasteiger partial charge in [-0.2, -0.15) is 8.42 Å². The van der Waals surface area contributed by atoms with Gasteiger partial charge in [-0.25, -0.2) is 23.1 Å². The highest BCUT2D eigenvalue weighted by Gasteiger charge is 2.49. The number of benzene rings is 2. The minimum atomic E-state index is -3.67. The molecule has 4 aromatic rings. The van der Waals surface area contributed by atoms with E-state index in [1.165, 1.54) is 12.1 Å². The summed E-state index contributed by atoms with van der Waals surface area (Å²) in [7, 11) is 0.0483. The molecule has 3 aliphatic heterocycles. The van der Waals surface area contributed by atoms with E-state index in [-0.39, 0.29) is 85.8 Å². The number of rotatable bonds is 4. The number of hydrogen-bond acceptors (Lipinski definition) is 11. The molecule has 1 saturated heterocycles. The van der Waals surface area contributed by atoms with Crippen LogP contribution in [0.2, 0.25) is 5.02 Å². The normalized spacial score (nSPS) is 20.0. The summed E-state index contributed by atoms with van der Waals surface area (Å²) in [6.07, 6.45) is 1.42. The summed E-state index contributed by atoms with van der Waals surface area (Å²) in [6, 6.07) is 0.994. The van der Waals surface area contributed by atoms with Crippen LogP contribution in [0.25, 0.3) is 32.2 Å². The van der Waals surface area contributed by atoms with Crippen molar-refractivity contribution in [1.29, 1.82) is 0 Å². The molecule has 2 aromatic carbocycles. The first-order valence-corrected chi connectivity index (χ1v) is 18.1. The Morgan fingerprint density at radius 2 is 1.84 bits per heavy atom. The average Bonchev–Trinajstić information content (AvgIpc) is 3.41. The number of nitrogens with two attached hydrogens (primary N) is 1. The third-order valence-corrected chi connectivity index (χ3v) is 9.66. The molecule has 0 bridgehead atoms. The summed E-state index contributed by atoms with van der Waals surface area (Å²) < 4.78 is 79.0. The van der Waals surface area contributed by atoms with E-state index in [1.807, 2.05) is 30.8 Å². The monoisotopic (exact) mass is 753 g/mol. The van der Waals surface area contributed by atoms with E-state index in [0.717, 1.165) is 11.3 Å². The molecule has 3 aliphatic rings. The molecule has 266 valence electrons. The zero-order chi connectivity index (χ0) is 36.6. The van der Waals surface area contributed by atoms with Crippen molar-refractivity contribution in [3.63, 3.8) is 0 Å². The first kappa shape index (κ1) is 35.6. The van der Waals surface area contributed by atoms with E-state index in [0.29, 0.717) is 30.2 Å². The van der Waals surface area contributed by atoms with Gasteiger partial charge < -0.3 is 30.1 Å². The maximum absolute atomic E-state index is 16.8. The predicted molar refractivity (Wildman–Crippen MR) is 185 cm³/mol. The van der Waals surface area contributed by atoms with Crippen LogP contribution in [0.3, 0.4) is 0 Å². The van der Waals surface area contributed by atoms with Gasteiger partial charge in [-0.15, -0.1) is 0 Å². The molecule has 50 heavy (non-hydrogen) atoms. The molecule has 0 radical (unpaired) electrons. The lowest BCUT2D eigenvalue weighted by Gasteiger charge is -2.52. The number of thiazole rings is 1. The molecule has 0 unspecified atom stereocenters.